The molecule has 3 aliphatic rings. The van der Waals surface area contributed by atoms with Gasteiger partial charge < -0.3 is 30.2 Å². The van der Waals surface area contributed by atoms with E-state index in [1.54, 1.807) is 31.2 Å². The molecule has 1 aromatic carbocycles. The largest absolute Gasteiger partial charge is 0.479 e. The number of nitrogens with zero attached hydrogens (tertiary/aromatic N) is 3. The maximum atomic E-state index is 14.3. The van der Waals surface area contributed by atoms with Crippen LogP contribution in [0.25, 0.3) is 10.8 Å². The Morgan fingerprint density at radius 3 is 2.31 bits per heavy atom. The van der Waals surface area contributed by atoms with Crippen molar-refractivity contribution in [2.45, 2.75) is 121 Å². The highest BCUT2D eigenvalue weighted by molar-refractivity contribution is 7.90. The molecule has 0 bridgehead atoms. The molecule has 2 aromatic rings. The van der Waals surface area contributed by atoms with Crippen molar-refractivity contribution in [2.24, 2.45) is 29.4 Å². The number of fused-ring (bicyclic) bond motifs is 1. The topological polar surface area (TPSA) is 209 Å². The van der Waals surface area contributed by atoms with E-state index in [0.717, 1.165) is 12.8 Å². The number of primary amides is 1. The van der Waals surface area contributed by atoms with Crippen LogP contribution in [0.5, 0.6) is 11.8 Å². The molecule has 1 aromatic heterocycles. The van der Waals surface area contributed by atoms with Crippen LogP contribution in [0.3, 0.4) is 0 Å². The van der Waals surface area contributed by atoms with Crippen molar-refractivity contribution in [3.05, 3.63) is 36.4 Å². The molecular weight excluding hydrogens is 786 g/mol. The second-order valence-electron chi connectivity index (χ2n) is 16.2. The second-order valence-corrected chi connectivity index (χ2v) is 18.2. The summed E-state index contributed by atoms with van der Waals surface area (Å²) in [4.78, 5) is 54.1. The Bertz CT molecular complexity index is 1980. The lowest BCUT2D eigenvalue weighted by atomic mass is 9.87. The average molecular weight is 839 g/mol. The Balaban J connectivity index is 1.27. The van der Waals surface area contributed by atoms with E-state index in [9.17, 15) is 40.8 Å². The quantitative estimate of drug-likeness (QED) is 0.182. The van der Waals surface area contributed by atoms with E-state index in [1.165, 1.54) is 12.0 Å². The fraction of sp³-hybridized carbons (Fsp3) is 0.641. The van der Waals surface area contributed by atoms with E-state index in [4.69, 9.17) is 19.9 Å². The highest BCUT2D eigenvalue weighted by Crippen LogP contribution is 2.36. The predicted octanol–water partition coefficient (Wildman–Crippen LogP) is 4.93. The number of likely N-dealkylation sites (tertiary alicyclic amines) is 1. The molecule has 58 heavy (non-hydrogen) atoms. The molecule has 1 unspecified atom stereocenters. The number of methoxy groups -OCH3 is 1. The number of ether oxygens (including phenoxy) is 3. The maximum absolute atomic E-state index is 14.3. The predicted molar refractivity (Wildman–Crippen MR) is 206 cm³/mol. The van der Waals surface area contributed by atoms with E-state index < -0.39 is 80.9 Å². The number of hydrogen-bond acceptors (Lipinski definition) is 11. The number of alkyl carbamates (subject to hydrolysis) is 1. The van der Waals surface area contributed by atoms with Crippen LogP contribution >= 0.6 is 0 Å². The summed E-state index contributed by atoms with van der Waals surface area (Å²) in [5, 5.41) is 11.2. The van der Waals surface area contributed by atoms with Gasteiger partial charge in [-0.15, -0.1) is 10.2 Å². The second kappa shape index (κ2) is 18.1. The molecule has 2 saturated carbocycles. The molecule has 5 rings (SSSR count). The molecule has 7 atom stereocenters. The van der Waals surface area contributed by atoms with Crippen molar-refractivity contribution in [2.75, 3.05) is 13.7 Å². The number of benzene rings is 1. The Hall–Kier alpha value is -4.68. The minimum Gasteiger partial charge on any atom is -0.479 e. The number of nitrogens with one attached hydrogen (secondary N) is 2. The van der Waals surface area contributed by atoms with Crippen molar-refractivity contribution < 1.29 is 55.0 Å². The fourth-order valence-corrected chi connectivity index (χ4v) is 9.04. The van der Waals surface area contributed by atoms with Crippen molar-refractivity contribution in [1.82, 2.24) is 25.1 Å². The first-order valence-electron chi connectivity index (χ1n) is 19.6. The third kappa shape index (κ3) is 10.7. The molecule has 3 fully saturated rings. The van der Waals surface area contributed by atoms with Gasteiger partial charge in [-0.25, -0.2) is 13.2 Å². The number of amides is 4. The zero-order valence-corrected chi connectivity index (χ0v) is 34.1. The molecule has 2 aliphatic carbocycles. The Morgan fingerprint density at radius 1 is 1.03 bits per heavy atom. The number of carbonyl (C=O) groups excluding carboxylic acids is 4. The highest BCUT2D eigenvalue weighted by Gasteiger charge is 2.52. The summed E-state index contributed by atoms with van der Waals surface area (Å²) in [6, 6.07) is 4.46. The van der Waals surface area contributed by atoms with Crippen LogP contribution in [0, 0.1) is 23.7 Å². The lowest BCUT2D eigenvalue weighted by molar-refractivity contribution is -0.244. The third-order valence-electron chi connectivity index (χ3n) is 11.2. The third-order valence-corrected chi connectivity index (χ3v) is 13.0. The molecule has 4 N–H and O–H groups in total. The fourth-order valence-electron chi connectivity index (χ4n) is 7.68. The standard InChI is InChI=1S/C39H53F3N6O9S/c1-22(11-6-7-12-24-13-10-16-27(24)33(50)47-58(53,54)26-17-18-26)19-23(2)31(44-37(52)57-38(3,4)39(40,41)42)36(51)48-21-25(20-30(48)32(43)49)56-35-29-15-9-8-14-28(29)34(55-5)45-46-35/h7-9,12,14-15,22-27,30-31H,6,10-11,13,16-21H2,1-5H3,(H2,43,49)(H,44,52)(H,47,50)/b12-7-/t22-,23+,24+,25+,27?,30-,31-/m0/s1. The van der Waals surface area contributed by atoms with E-state index in [-0.39, 0.29) is 36.6 Å². The van der Waals surface area contributed by atoms with E-state index in [2.05, 4.69) is 20.2 Å². The molecule has 4 amide bonds. The smallest absolute Gasteiger partial charge is 0.427 e. The van der Waals surface area contributed by atoms with Gasteiger partial charge in [0.05, 0.1) is 29.7 Å². The Labute approximate surface area is 336 Å². The van der Waals surface area contributed by atoms with Crippen molar-refractivity contribution in [3.63, 3.8) is 0 Å². The van der Waals surface area contributed by atoms with Gasteiger partial charge in [0.1, 0.15) is 18.2 Å². The number of halogens is 3. The summed E-state index contributed by atoms with van der Waals surface area (Å²) in [5.74, 6) is -2.95. The first-order chi connectivity index (χ1) is 27.2. The molecule has 1 saturated heterocycles. The normalized spacial score (nSPS) is 23.0. The zero-order valence-electron chi connectivity index (χ0n) is 33.3. The van der Waals surface area contributed by atoms with Gasteiger partial charge in [-0.3, -0.25) is 19.1 Å². The van der Waals surface area contributed by atoms with Crippen LogP contribution in [0.15, 0.2) is 36.4 Å². The van der Waals surface area contributed by atoms with Crippen LogP contribution < -0.4 is 25.2 Å². The summed E-state index contributed by atoms with van der Waals surface area (Å²) in [7, 11) is -2.20. The highest BCUT2D eigenvalue weighted by atomic mass is 32.2. The Kier molecular flexibility index (Phi) is 13.8. The van der Waals surface area contributed by atoms with Crippen LogP contribution in [-0.4, -0.2) is 96.2 Å². The number of carbonyl (C=O) groups is 4. The zero-order chi connectivity index (χ0) is 42.6. The maximum Gasteiger partial charge on any atom is 0.427 e. The van der Waals surface area contributed by atoms with Gasteiger partial charge in [-0.2, -0.15) is 13.2 Å². The molecule has 2 heterocycles. The molecule has 0 radical (unpaired) electrons. The molecular formula is C39H53F3N6O9S. The minimum atomic E-state index is -4.90. The summed E-state index contributed by atoms with van der Waals surface area (Å²) in [6.45, 7) is 4.82. The number of sulfonamides is 1. The lowest BCUT2D eigenvalue weighted by Gasteiger charge is -2.33. The van der Waals surface area contributed by atoms with Gasteiger partial charge in [-0.1, -0.05) is 44.6 Å². The lowest BCUT2D eigenvalue weighted by Crippen LogP contribution is -2.56. The first kappa shape index (κ1) is 44.4. The monoisotopic (exact) mass is 838 g/mol. The molecule has 15 nitrogen and oxygen atoms in total. The van der Waals surface area contributed by atoms with Gasteiger partial charge in [-0.05, 0) is 88.7 Å². The molecule has 1 aliphatic heterocycles. The van der Waals surface area contributed by atoms with E-state index in [1.807, 2.05) is 19.1 Å². The molecule has 320 valence electrons. The van der Waals surface area contributed by atoms with Crippen molar-refractivity contribution in [3.8, 4) is 11.8 Å². The van der Waals surface area contributed by atoms with Crippen LogP contribution in [0.2, 0.25) is 0 Å². The van der Waals surface area contributed by atoms with E-state index >= 15 is 0 Å². The number of allylic oxidation sites excluding steroid dienone is 2. The number of aromatic nitrogens is 2. The molecule has 19 heteroatoms. The summed E-state index contributed by atoms with van der Waals surface area (Å²) in [5.41, 5.74) is 2.88. The molecule has 0 spiro atoms. The van der Waals surface area contributed by atoms with Crippen molar-refractivity contribution in [1.29, 1.82) is 0 Å². The number of nitrogens with two attached hydrogens (primary N) is 1. The van der Waals surface area contributed by atoms with Gasteiger partial charge >= 0.3 is 12.3 Å². The van der Waals surface area contributed by atoms with Gasteiger partial charge in [0.25, 0.3) is 0 Å². The summed E-state index contributed by atoms with van der Waals surface area (Å²) >= 11 is 0. The first-order valence-corrected chi connectivity index (χ1v) is 21.1. The Morgan fingerprint density at radius 2 is 1.69 bits per heavy atom. The van der Waals surface area contributed by atoms with E-state index in [0.29, 0.717) is 63.1 Å². The van der Waals surface area contributed by atoms with Gasteiger partial charge in [0, 0.05) is 12.3 Å². The summed E-state index contributed by atoms with van der Waals surface area (Å²) < 4.78 is 84.1. The average Bonchev–Trinajstić information content (AvgIpc) is 3.77. The van der Waals surface area contributed by atoms with Crippen LogP contribution in [0.1, 0.15) is 85.5 Å². The minimum absolute atomic E-state index is 0.0294. The number of rotatable bonds is 17. The number of hydrogen-bond donors (Lipinski definition) is 3. The van der Waals surface area contributed by atoms with Crippen LogP contribution in [0.4, 0.5) is 18.0 Å². The van der Waals surface area contributed by atoms with Crippen LogP contribution in [-0.2, 0) is 29.1 Å². The van der Waals surface area contributed by atoms with Gasteiger partial charge in [0.15, 0.2) is 0 Å². The number of alkyl halides is 3. The summed E-state index contributed by atoms with van der Waals surface area (Å²) in [6.07, 6.45) is 1.49. The van der Waals surface area contributed by atoms with Gasteiger partial charge in [0.2, 0.25) is 45.1 Å². The van der Waals surface area contributed by atoms with Crippen molar-refractivity contribution >= 4 is 44.6 Å². The SMILES string of the molecule is COc1nnc(O[C@@H]2C[C@@H](C(N)=O)N(C(=O)[C@@H](NC(=O)OC(C)(C)C(F)(F)F)[C@H](C)C[C@@H](C)CC/C=C\[C@@H]3CCCC3C(=O)NS(=O)(=O)C3CC3)C2)c2ccccc12.